The molecular formula is C19H21F6N6OP. The third kappa shape index (κ3) is 7.16. The summed E-state index contributed by atoms with van der Waals surface area (Å²) < 4.78 is 82.4. The summed E-state index contributed by atoms with van der Waals surface area (Å²) in [5.41, 5.74) is 7.49. The molecule has 14 heteroatoms. The number of nitrogens with two attached hydrogens (primary N) is 1. The van der Waals surface area contributed by atoms with Crippen molar-refractivity contribution >= 4 is 36.5 Å². The number of hydrogen-bond acceptors (Lipinski definition) is 6. The highest BCUT2D eigenvalue weighted by Gasteiger charge is 2.38. The lowest BCUT2D eigenvalue weighted by Gasteiger charge is -2.21. The highest BCUT2D eigenvalue weighted by atomic mass is 31.1. The van der Waals surface area contributed by atoms with E-state index < -0.39 is 38.9 Å². The van der Waals surface area contributed by atoms with Crippen molar-refractivity contribution in [3.63, 3.8) is 0 Å². The van der Waals surface area contributed by atoms with Gasteiger partial charge >= 0.3 is 12.4 Å². The fourth-order valence-electron chi connectivity index (χ4n) is 3.13. The van der Waals surface area contributed by atoms with Gasteiger partial charge in [0.25, 0.3) is 0 Å². The summed E-state index contributed by atoms with van der Waals surface area (Å²) in [4.78, 5) is 14.5. The van der Waals surface area contributed by atoms with E-state index in [1.54, 1.807) is 16.5 Å². The molecule has 0 atom stereocenters. The minimum atomic E-state index is -4.68. The molecule has 180 valence electrons. The van der Waals surface area contributed by atoms with E-state index in [0.717, 1.165) is 5.69 Å². The molecule has 1 aromatic carbocycles. The van der Waals surface area contributed by atoms with Crippen molar-refractivity contribution in [3.05, 3.63) is 36.7 Å². The highest BCUT2D eigenvalue weighted by Crippen LogP contribution is 2.45. The number of imidazole rings is 1. The van der Waals surface area contributed by atoms with Crippen LogP contribution in [0.3, 0.4) is 0 Å². The maximum atomic E-state index is 12.6. The first-order valence-electron chi connectivity index (χ1n) is 9.64. The number of nitrogens with zero attached hydrogens (tertiary/aromatic N) is 5. The Hall–Kier alpha value is -2.66. The predicted molar refractivity (Wildman–Crippen MR) is 114 cm³/mol. The normalized spacial score (nSPS) is 12.6. The van der Waals surface area contributed by atoms with E-state index in [9.17, 15) is 26.3 Å². The molecule has 0 amide bonds. The number of anilines is 3. The van der Waals surface area contributed by atoms with Gasteiger partial charge in [-0.15, -0.1) is 0 Å². The highest BCUT2D eigenvalue weighted by molar-refractivity contribution is 7.57. The largest absolute Gasteiger partial charge is 0.392 e. The van der Waals surface area contributed by atoms with E-state index in [1.807, 2.05) is 30.3 Å². The summed E-state index contributed by atoms with van der Waals surface area (Å²) in [5.74, 6) is 0.434. The summed E-state index contributed by atoms with van der Waals surface area (Å²) in [6, 6.07) is 9.32. The molecule has 33 heavy (non-hydrogen) atoms. The van der Waals surface area contributed by atoms with Crippen molar-refractivity contribution in [2.24, 2.45) is 0 Å². The Labute approximate surface area is 186 Å². The number of nitrogen functional groups attached to an aromatic ring is 1. The van der Waals surface area contributed by atoms with Crippen LogP contribution in [0.25, 0.3) is 11.2 Å². The first-order chi connectivity index (χ1) is 15.4. The van der Waals surface area contributed by atoms with Crippen LogP contribution in [0.1, 0.15) is 0 Å². The maximum absolute atomic E-state index is 12.6. The molecule has 0 radical (unpaired) electrons. The van der Waals surface area contributed by atoms with Gasteiger partial charge in [0.05, 0.1) is 31.6 Å². The summed E-state index contributed by atoms with van der Waals surface area (Å²) >= 11 is 0. The lowest BCUT2D eigenvalue weighted by Crippen LogP contribution is -2.22. The fourth-order valence-corrected chi connectivity index (χ4v) is 4.82. The molecule has 7 nitrogen and oxygen atoms in total. The van der Waals surface area contributed by atoms with Gasteiger partial charge in [0.2, 0.25) is 5.95 Å². The second-order valence-corrected chi connectivity index (χ2v) is 9.40. The van der Waals surface area contributed by atoms with E-state index >= 15 is 0 Å². The SMILES string of the molecule is CN(c1ccccc1)c1nc(N)nc2c1ncn2CCOCP(CC(F)(F)F)CC(F)(F)F. The van der Waals surface area contributed by atoms with E-state index in [0.29, 0.717) is 17.0 Å². The molecule has 0 aliphatic rings. The smallest absolute Gasteiger partial charge is 0.375 e. The van der Waals surface area contributed by atoms with Crippen LogP contribution in [0.5, 0.6) is 0 Å². The quantitative estimate of drug-likeness (QED) is 0.263. The van der Waals surface area contributed by atoms with E-state index in [-0.39, 0.29) is 19.1 Å². The molecule has 0 bridgehead atoms. The Bertz CT molecular complexity index is 1040. The first kappa shape index (κ1) is 25.0. The van der Waals surface area contributed by atoms with Gasteiger partial charge in [-0.05, 0) is 12.1 Å². The topological polar surface area (TPSA) is 82.1 Å². The van der Waals surface area contributed by atoms with E-state index in [4.69, 9.17) is 10.5 Å². The Morgan fingerprint density at radius 3 is 2.27 bits per heavy atom. The molecule has 0 aliphatic heterocycles. The number of benzene rings is 1. The van der Waals surface area contributed by atoms with Crippen molar-refractivity contribution in [1.29, 1.82) is 0 Å². The lowest BCUT2D eigenvalue weighted by molar-refractivity contribution is -0.112. The van der Waals surface area contributed by atoms with Gasteiger partial charge < -0.3 is 19.9 Å². The minimum absolute atomic E-state index is 0.0122. The number of fused-ring (bicyclic) bond motifs is 1. The molecule has 0 saturated heterocycles. The van der Waals surface area contributed by atoms with Crippen LogP contribution in [0.15, 0.2) is 36.7 Å². The summed E-state index contributed by atoms with van der Waals surface area (Å²) in [6.45, 7) is -0.00354. The predicted octanol–water partition coefficient (Wildman–Crippen LogP) is 4.76. The van der Waals surface area contributed by atoms with Gasteiger partial charge in [0, 0.05) is 19.3 Å². The second-order valence-electron chi connectivity index (χ2n) is 7.16. The second kappa shape index (κ2) is 10.1. The van der Waals surface area contributed by atoms with Crippen LogP contribution >= 0.6 is 7.92 Å². The molecule has 2 N–H and O–H groups in total. The van der Waals surface area contributed by atoms with Gasteiger partial charge in [0.15, 0.2) is 17.0 Å². The monoisotopic (exact) mass is 494 g/mol. The number of aromatic nitrogens is 4. The van der Waals surface area contributed by atoms with Crippen LogP contribution in [0, 0.1) is 0 Å². The third-order valence-electron chi connectivity index (χ3n) is 4.48. The summed E-state index contributed by atoms with van der Waals surface area (Å²) in [6.07, 6.45) is -11.5. The van der Waals surface area contributed by atoms with Crippen LogP contribution in [0.2, 0.25) is 0 Å². The molecule has 0 spiro atoms. The summed E-state index contributed by atoms with van der Waals surface area (Å²) in [5, 5.41) is 0. The molecule has 2 aromatic heterocycles. The third-order valence-corrected chi connectivity index (χ3v) is 6.64. The number of rotatable bonds is 9. The van der Waals surface area contributed by atoms with Crippen LogP contribution in [0.4, 0.5) is 43.8 Å². The molecular weight excluding hydrogens is 473 g/mol. The van der Waals surface area contributed by atoms with Crippen molar-refractivity contribution < 1.29 is 31.1 Å². The standard InChI is InChI=1S/C19H21F6N6OP/c1-30(13-5-3-2-4-6-13)15-14-16(29-17(26)28-15)31(11-27-14)7-8-32-12-33(9-18(20,21)22)10-19(23,24)25/h2-6,11H,7-10,12H2,1H3,(H2,26,28,29). The number of halogens is 6. The molecule has 2 heterocycles. The number of alkyl halides is 6. The maximum Gasteiger partial charge on any atom is 0.392 e. The van der Waals surface area contributed by atoms with Crippen LogP contribution in [-0.2, 0) is 11.3 Å². The number of hydrogen-bond donors (Lipinski definition) is 1. The van der Waals surface area contributed by atoms with Gasteiger partial charge in [-0.1, -0.05) is 26.1 Å². The average molecular weight is 494 g/mol. The fraction of sp³-hybridized carbons (Fsp3) is 0.421. The van der Waals surface area contributed by atoms with Crippen LogP contribution < -0.4 is 10.6 Å². The molecule has 3 aromatic rings. The first-order valence-corrected chi connectivity index (χ1v) is 11.5. The van der Waals surface area contributed by atoms with Gasteiger partial charge in [-0.25, -0.2) is 4.98 Å². The van der Waals surface area contributed by atoms with Crippen molar-refractivity contribution in [1.82, 2.24) is 19.5 Å². The molecule has 0 aliphatic carbocycles. The van der Waals surface area contributed by atoms with Gasteiger partial charge in [-0.2, -0.15) is 36.3 Å². The Balaban J connectivity index is 1.69. The number of ether oxygens (including phenoxy) is 1. The molecule has 0 saturated carbocycles. The molecule has 0 fully saturated rings. The molecule has 0 unspecified atom stereocenters. The van der Waals surface area contributed by atoms with E-state index in [2.05, 4.69) is 15.0 Å². The zero-order chi connectivity index (χ0) is 24.2. The van der Waals surface area contributed by atoms with Gasteiger partial charge in [-0.3, -0.25) is 0 Å². The van der Waals surface area contributed by atoms with Crippen molar-refractivity contribution in [2.45, 2.75) is 18.9 Å². The van der Waals surface area contributed by atoms with Crippen molar-refractivity contribution in [2.75, 3.05) is 43.0 Å². The minimum Gasteiger partial charge on any atom is -0.375 e. The zero-order valence-corrected chi connectivity index (χ0v) is 18.3. The van der Waals surface area contributed by atoms with E-state index in [1.165, 1.54) is 6.33 Å². The Morgan fingerprint density at radius 1 is 1.03 bits per heavy atom. The average Bonchev–Trinajstić information content (AvgIpc) is 3.11. The van der Waals surface area contributed by atoms with Crippen molar-refractivity contribution in [3.8, 4) is 0 Å². The lowest BCUT2D eigenvalue weighted by atomic mass is 10.3. The summed E-state index contributed by atoms with van der Waals surface area (Å²) in [7, 11) is -0.655. The zero-order valence-electron chi connectivity index (χ0n) is 17.4. The van der Waals surface area contributed by atoms with Crippen LogP contribution in [-0.4, -0.2) is 64.2 Å². The Morgan fingerprint density at radius 2 is 1.67 bits per heavy atom. The molecule has 3 rings (SSSR count). The van der Waals surface area contributed by atoms with Gasteiger partial charge in [0.1, 0.15) is 0 Å². The number of para-hydroxylation sites is 1. The Kier molecular flexibility index (Phi) is 7.63.